The first-order chi connectivity index (χ1) is 17.0. The number of nitro benzene ring substituents is 1. The van der Waals surface area contributed by atoms with Crippen LogP contribution in [0.5, 0.6) is 5.75 Å². The number of non-ortho nitro benzene ring substituents is 1. The number of ether oxygens (including phenoxy) is 1. The Labute approximate surface area is 210 Å². The Hall–Kier alpha value is -3.28. The van der Waals surface area contributed by atoms with Gasteiger partial charge in [0.05, 0.1) is 21.1 Å². The molecule has 1 N–H and O–H groups in total. The van der Waals surface area contributed by atoms with Crippen molar-refractivity contribution in [1.82, 2.24) is 15.2 Å². The molecule has 0 bridgehead atoms. The summed E-state index contributed by atoms with van der Waals surface area (Å²) in [4.78, 5) is 33.2. The zero-order valence-corrected chi connectivity index (χ0v) is 20.9. The highest BCUT2D eigenvalue weighted by molar-refractivity contribution is 7.22. The second-order valence-corrected chi connectivity index (χ2v) is 10.3. The van der Waals surface area contributed by atoms with Crippen molar-refractivity contribution in [3.05, 3.63) is 57.5 Å². The number of anilines is 1. The van der Waals surface area contributed by atoms with E-state index in [0.29, 0.717) is 23.4 Å². The molecule has 0 radical (unpaired) electrons. The lowest BCUT2D eigenvalue weighted by Crippen LogP contribution is -2.48. The number of thiazole rings is 1. The monoisotopic (exact) mass is 511 g/mol. The van der Waals surface area contributed by atoms with Crippen LogP contribution in [0.25, 0.3) is 20.3 Å². The van der Waals surface area contributed by atoms with E-state index in [-0.39, 0.29) is 11.6 Å². The van der Waals surface area contributed by atoms with E-state index in [0.717, 1.165) is 58.5 Å². The van der Waals surface area contributed by atoms with E-state index < -0.39 is 4.92 Å². The van der Waals surface area contributed by atoms with Gasteiger partial charge in [0.1, 0.15) is 11.3 Å². The Bertz CT molecular complexity index is 1380. The molecular formula is C24H25N5O4S2. The molecular weight excluding hydrogens is 486 g/mol. The van der Waals surface area contributed by atoms with E-state index in [1.165, 1.54) is 23.5 Å². The van der Waals surface area contributed by atoms with Crippen LogP contribution in [0, 0.1) is 10.1 Å². The van der Waals surface area contributed by atoms with Crippen LogP contribution in [0.15, 0.2) is 42.5 Å². The Balaban J connectivity index is 1.12. The number of fused-ring (bicyclic) bond motifs is 2. The summed E-state index contributed by atoms with van der Waals surface area (Å²) < 4.78 is 7.71. The molecule has 3 heterocycles. The van der Waals surface area contributed by atoms with E-state index in [9.17, 15) is 14.9 Å². The summed E-state index contributed by atoms with van der Waals surface area (Å²) in [6.07, 6.45) is 0. The molecule has 11 heteroatoms. The van der Waals surface area contributed by atoms with Gasteiger partial charge in [-0.05, 0) is 31.2 Å². The molecule has 0 spiro atoms. The van der Waals surface area contributed by atoms with Crippen molar-refractivity contribution >= 4 is 59.7 Å². The molecule has 4 aromatic rings. The fraction of sp³-hybridized carbons (Fsp3) is 0.333. The topological polar surface area (TPSA) is 101 Å². The van der Waals surface area contributed by atoms with Crippen molar-refractivity contribution in [1.29, 1.82) is 0 Å². The number of nitrogens with zero attached hydrogens (tertiary/aromatic N) is 4. The van der Waals surface area contributed by atoms with Crippen molar-refractivity contribution in [3.8, 4) is 5.75 Å². The van der Waals surface area contributed by atoms with Gasteiger partial charge in [0.25, 0.3) is 11.6 Å². The molecule has 35 heavy (non-hydrogen) atoms. The molecule has 1 amide bonds. The quantitative estimate of drug-likeness (QED) is 0.277. The Morgan fingerprint density at radius 3 is 2.74 bits per heavy atom. The molecule has 5 rings (SSSR count). The summed E-state index contributed by atoms with van der Waals surface area (Å²) in [5.41, 5.74) is 0.956. The van der Waals surface area contributed by atoms with Crippen LogP contribution >= 0.6 is 22.7 Å². The Morgan fingerprint density at radius 1 is 1.14 bits per heavy atom. The number of thiophene rings is 1. The number of rotatable bonds is 8. The zero-order chi connectivity index (χ0) is 24.4. The molecule has 182 valence electrons. The van der Waals surface area contributed by atoms with Gasteiger partial charge in [-0.25, -0.2) is 4.98 Å². The van der Waals surface area contributed by atoms with Crippen LogP contribution in [0.4, 0.5) is 10.8 Å². The second kappa shape index (κ2) is 10.1. The number of hydrogen-bond acceptors (Lipinski definition) is 9. The normalized spacial score (nSPS) is 14.5. The average Bonchev–Trinajstić information content (AvgIpc) is 3.49. The maximum absolute atomic E-state index is 12.6. The van der Waals surface area contributed by atoms with Crippen LogP contribution < -0.4 is 15.0 Å². The molecule has 1 aliphatic heterocycles. The van der Waals surface area contributed by atoms with Gasteiger partial charge in [-0.2, -0.15) is 0 Å². The number of nitrogens with one attached hydrogen (secondary N) is 1. The predicted molar refractivity (Wildman–Crippen MR) is 140 cm³/mol. The minimum absolute atomic E-state index is 0.0296. The lowest BCUT2D eigenvalue weighted by Gasteiger charge is -2.34. The summed E-state index contributed by atoms with van der Waals surface area (Å²) in [6, 6.07) is 12.4. The van der Waals surface area contributed by atoms with Crippen LogP contribution in [0.3, 0.4) is 0 Å². The number of para-hydroxylation sites is 1. The maximum Gasteiger partial charge on any atom is 0.270 e. The number of carbonyl (C=O) groups is 1. The summed E-state index contributed by atoms with van der Waals surface area (Å²) in [7, 11) is 0. The largest absolute Gasteiger partial charge is 0.492 e. The summed E-state index contributed by atoms with van der Waals surface area (Å²) in [5.74, 6) is 0.686. The SMILES string of the molecule is CCOc1cccc2sc(N3CCN(CCNC(=O)c4cc5cc([N+](=O)[O-])ccc5s4)CC3)nc12. The summed E-state index contributed by atoms with van der Waals surface area (Å²) >= 11 is 3.04. The van der Waals surface area contributed by atoms with Gasteiger partial charge in [-0.15, -0.1) is 11.3 Å². The first-order valence-corrected chi connectivity index (χ1v) is 13.1. The molecule has 1 saturated heterocycles. The first kappa shape index (κ1) is 23.5. The summed E-state index contributed by atoms with van der Waals surface area (Å²) in [5, 5.41) is 15.7. The van der Waals surface area contributed by atoms with E-state index in [4.69, 9.17) is 9.72 Å². The molecule has 9 nitrogen and oxygen atoms in total. The zero-order valence-electron chi connectivity index (χ0n) is 19.2. The fourth-order valence-electron chi connectivity index (χ4n) is 4.15. The third kappa shape index (κ3) is 5.07. The minimum Gasteiger partial charge on any atom is -0.492 e. The Morgan fingerprint density at radius 2 is 1.97 bits per heavy atom. The van der Waals surface area contributed by atoms with Gasteiger partial charge in [0.2, 0.25) is 0 Å². The molecule has 1 fully saturated rings. The van der Waals surface area contributed by atoms with Gasteiger partial charge in [-0.3, -0.25) is 19.8 Å². The third-order valence-electron chi connectivity index (χ3n) is 5.96. The van der Waals surface area contributed by atoms with Crippen molar-refractivity contribution < 1.29 is 14.5 Å². The first-order valence-electron chi connectivity index (χ1n) is 11.5. The molecule has 0 saturated carbocycles. The number of hydrogen-bond donors (Lipinski definition) is 1. The van der Waals surface area contributed by atoms with Gasteiger partial charge in [0, 0.05) is 61.5 Å². The highest BCUT2D eigenvalue weighted by Crippen LogP contribution is 2.34. The van der Waals surface area contributed by atoms with Crippen LogP contribution in [-0.2, 0) is 0 Å². The lowest BCUT2D eigenvalue weighted by atomic mass is 10.2. The van der Waals surface area contributed by atoms with E-state index >= 15 is 0 Å². The molecule has 1 aliphatic rings. The number of amides is 1. The van der Waals surface area contributed by atoms with Gasteiger partial charge < -0.3 is 15.0 Å². The number of piperazine rings is 1. The lowest BCUT2D eigenvalue weighted by molar-refractivity contribution is -0.384. The van der Waals surface area contributed by atoms with E-state index in [1.54, 1.807) is 23.5 Å². The average molecular weight is 512 g/mol. The number of benzene rings is 2. The Kier molecular flexibility index (Phi) is 6.80. The van der Waals surface area contributed by atoms with Crippen LogP contribution in [0.2, 0.25) is 0 Å². The van der Waals surface area contributed by atoms with E-state index in [2.05, 4.69) is 21.2 Å². The highest BCUT2D eigenvalue weighted by atomic mass is 32.1. The van der Waals surface area contributed by atoms with Crippen molar-refractivity contribution in [2.75, 3.05) is 50.8 Å². The van der Waals surface area contributed by atoms with Gasteiger partial charge >= 0.3 is 0 Å². The molecule has 0 atom stereocenters. The maximum atomic E-state index is 12.6. The van der Waals surface area contributed by atoms with E-state index in [1.807, 2.05) is 19.1 Å². The predicted octanol–water partition coefficient (Wildman–Crippen LogP) is 4.37. The number of nitro groups is 1. The second-order valence-electron chi connectivity index (χ2n) is 8.21. The molecule has 2 aromatic heterocycles. The van der Waals surface area contributed by atoms with Crippen LogP contribution in [-0.4, -0.2) is 66.6 Å². The minimum atomic E-state index is -0.425. The van der Waals surface area contributed by atoms with Crippen molar-refractivity contribution in [2.24, 2.45) is 0 Å². The van der Waals surface area contributed by atoms with Gasteiger partial charge in [-0.1, -0.05) is 17.4 Å². The number of carbonyl (C=O) groups excluding carboxylic acids is 1. The van der Waals surface area contributed by atoms with Crippen LogP contribution in [0.1, 0.15) is 16.6 Å². The third-order valence-corrected chi connectivity index (χ3v) is 8.16. The van der Waals surface area contributed by atoms with Crippen molar-refractivity contribution in [3.63, 3.8) is 0 Å². The summed E-state index contributed by atoms with van der Waals surface area (Å²) in [6.45, 7) is 7.47. The molecule has 2 aromatic carbocycles. The van der Waals surface area contributed by atoms with Gasteiger partial charge in [0.15, 0.2) is 5.13 Å². The number of aromatic nitrogens is 1. The fourth-order valence-corrected chi connectivity index (χ4v) is 6.15. The molecule has 0 unspecified atom stereocenters. The highest BCUT2D eigenvalue weighted by Gasteiger charge is 2.21. The molecule has 0 aliphatic carbocycles. The standard InChI is InChI=1S/C24H25N5O4S2/c1-2-33-18-4-3-5-20-22(18)26-24(35-20)28-12-10-27(11-13-28)9-8-25-23(30)21-15-16-14-17(29(31)32)6-7-19(16)34-21/h3-7,14-15H,2,8-13H2,1H3,(H,25,30). The smallest absolute Gasteiger partial charge is 0.270 e. The van der Waals surface area contributed by atoms with Crippen molar-refractivity contribution in [2.45, 2.75) is 6.92 Å².